The van der Waals surface area contributed by atoms with Gasteiger partial charge < -0.3 is 8.85 Å². The third kappa shape index (κ3) is 7.02. The van der Waals surface area contributed by atoms with Crippen molar-refractivity contribution < 1.29 is 8.85 Å². The van der Waals surface area contributed by atoms with Gasteiger partial charge in [0.2, 0.25) is 0 Å². The molecular weight excluding hydrogens is 379 g/mol. The Kier molecular flexibility index (Phi) is 7.60. The molecule has 0 aliphatic rings. The van der Waals surface area contributed by atoms with Gasteiger partial charge in [0.15, 0.2) is 16.6 Å². The number of hydrogen-bond donors (Lipinski definition) is 0. The highest BCUT2D eigenvalue weighted by atomic mass is 35.5. The smallest absolute Gasteiger partial charge is 0.184 e. The quantitative estimate of drug-likeness (QED) is 0.425. The lowest BCUT2D eigenvalue weighted by Gasteiger charge is -2.45. The molecule has 0 saturated carbocycles. The highest BCUT2D eigenvalue weighted by molar-refractivity contribution is 6.73. The van der Waals surface area contributed by atoms with Crippen molar-refractivity contribution in [3.63, 3.8) is 0 Å². The summed E-state index contributed by atoms with van der Waals surface area (Å²) >= 11 is 12.5. The van der Waals surface area contributed by atoms with Crippen LogP contribution < -0.4 is 0 Å². The number of hydrogen-bond acceptors (Lipinski definition) is 2. The molecule has 0 aromatic heterocycles. The number of alkyl halides is 2. The van der Waals surface area contributed by atoms with E-state index in [0.717, 1.165) is 5.56 Å². The maximum atomic E-state index is 6.71. The maximum Gasteiger partial charge on any atom is 0.184 e. The molecule has 7 heteroatoms. The van der Waals surface area contributed by atoms with E-state index in [2.05, 4.69) is 58.3 Å². The minimum atomic E-state index is -1.86. The molecular formula is C16H28Cl2O2Si3. The SMILES string of the molecule is CC(O[Si](C)(C)C)C(O[Si](C)(C)C)([Si]C(Cl)Cl)c1ccccc1. The first-order valence-electron chi connectivity index (χ1n) is 7.85. The van der Waals surface area contributed by atoms with Crippen LogP contribution in [0.1, 0.15) is 12.5 Å². The van der Waals surface area contributed by atoms with Crippen molar-refractivity contribution in [2.24, 2.45) is 0 Å². The molecule has 0 amide bonds. The van der Waals surface area contributed by atoms with Gasteiger partial charge in [-0.05, 0) is 51.8 Å². The standard InChI is InChI=1S/C16H28Cl2O2Si3/c1-13(19-22(2,3)4)16(21-15(17)18,20-23(5,6)7)14-11-9-8-10-12-14/h8-13,15H,1-7H3. The molecule has 0 spiro atoms. The first kappa shape index (κ1) is 21.4. The molecule has 0 heterocycles. The van der Waals surface area contributed by atoms with Gasteiger partial charge in [-0.2, -0.15) is 0 Å². The van der Waals surface area contributed by atoms with Gasteiger partial charge in [0.1, 0.15) is 9.52 Å². The van der Waals surface area contributed by atoms with Gasteiger partial charge in [-0.25, -0.2) is 0 Å². The Morgan fingerprint density at radius 1 is 0.957 bits per heavy atom. The van der Waals surface area contributed by atoms with Gasteiger partial charge in [0, 0.05) is 0 Å². The van der Waals surface area contributed by atoms with Crippen LogP contribution >= 0.6 is 23.2 Å². The third-order valence-corrected chi connectivity index (χ3v) is 7.39. The van der Waals surface area contributed by atoms with Crippen molar-refractivity contribution in [2.45, 2.75) is 62.0 Å². The highest BCUT2D eigenvalue weighted by Gasteiger charge is 2.46. The number of rotatable bonds is 8. The predicted molar refractivity (Wildman–Crippen MR) is 108 cm³/mol. The monoisotopic (exact) mass is 406 g/mol. The Bertz CT molecular complexity index is 486. The summed E-state index contributed by atoms with van der Waals surface area (Å²) in [6.07, 6.45) is -0.110. The summed E-state index contributed by atoms with van der Waals surface area (Å²) in [5.41, 5.74) is 1.10. The van der Waals surface area contributed by atoms with Crippen LogP contribution in [0.2, 0.25) is 39.3 Å². The van der Waals surface area contributed by atoms with Gasteiger partial charge in [0.05, 0.1) is 15.8 Å². The van der Waals surface area contributed by atoms with Crippen molar-refractivity contribution in [3.8, 4) is 0 Å². The van der Waals surface area contributed by atoms with Gasteiger partial charge in [-0.15, -0.1) is 23.2 Å². The van der Waals surface area contributed by atoms with Crippen LogP contribution in [0.15, 0.2) is 30.3 Å². The lowest BCUT2D eigenvalue weighted by Crippen LogP contribution is -2.56. The zero-order valence-corrected chi connectivity index (χ0v) is 19.6. The summed E-state index contributed by atoms with van der Waals surface area (Å²) in [6.45, 7) is 15.2. The summed E-state index contributed by atoms with van der Waals surface area (Å²) in [7, 11) is -3.38. The zero-order valence-electron chi connectivity index (χ0n) is 15.1. The normalized spacial score (nSPS) is 17.1. The average molecular weight is 408 g/mol. The lowest BCUT2D eigenvalue weighted by molar-refractivity contribution is 0.0159. The van der Waals surface area contributed by atoms with Crippen molar-refractivity contribution in [2.75, 3.05) is 0 Å². The molecule has 1 rings (SSSR count). The van der Waals surface area contributed by atoms with Crippen LogP contribution in [0.25, 0.3) is 0 Å². The molecule has 2 nitrogen and oxygen atoms in total. The second-order valence-electron chi connectivity index (χ2n) is 7.63. The molecule has 23 heavy (non-hydrogen) atoms. The molecule has 2 unspecified atom stereocenters. The fraction of sp³-hybridized carbons (Fsp3) is 0.625. The van der Waals surface area contributed by atoms with Gasteiger partial charge in [0.25, 0.3) is 0 Å². The van der Waals surface area contributed by atoms with Crippen LogP contribution in [0.4, 0.5) is 0 Å². The summed E-state index contributed by atoms with van der Waals surface area (Å²) in [4.78, 5) is 0. The molecule has 0 fully saturated rings. The average Bonchev–Trinajstić information content (AvgIpc) is 2.34. The molecule has 0 aliphatic carbocycles. The van der Waals surface area contributed by atoms with E-state index in [9.17, 15) is 0 Å². The minimum Gasteiger partial charge on any atom is -0.412 e. The number of benzene rings is 1. The summed E-state index contributed by atoms with van der Waals surface area (Å²) < 4.78 is 12.7. The first-order chi connectivity index (χ1) is 10.4. The summed E-state index contributed by atoms with van der Waals surface area (Å²) in [6, 6.07) is 10.2. The minimum absolute atomic E-state index is 0.110. The lowest BCUT2D eigenvalue weighted by atomic mass is 10.0. The fourth-order valence-electron chi connectivity index (χ4n) is 2.55. The van der Waals surface area contributed by atoms with E-state index in [1.807, 2.05) is 18.2 Å². The first-order valence-corrected chi connectivity index (χ1v) is 16.6. The van der Waals surface area contributed by atoms with E-state index in [1.54, 1.807) is 0 Å². The molecule has 0 bridgehead atoms. The topological polar surface area (TPSA) is 18.5 Å². The molecule has 2 atom stereocenters. The van der Waals surface area contributed by atoms with Crippen LogP contribution in [0.3, 0.4) is 0 Å². The molecule has 130 valence electrons. The van der Waals surface area contributed by atoms with Crippen LogP contribution in [-0.2, 0) is 14.1 Å². The van der Waals surface area contributed by atoms with Gasteiger partial charge in [-0.3, -0.25) is 0 Å². The van der Waals surface area contributed by atoms with Gasteiger partial charge >= 0.3 is 0 Å². The van der Waals surface area contributed by atoms with Crippen molar-refractivity contribution in [3.05, 3.63) is 35.9 Å². The van der Waals surface area contributed by atoms with E-state index in [0.29, 0.717) is 0 Å². The Balaban J connectivity index is 3.39. The fourth-order valence-corrected chi connectivity index (χ4v) is 8.22. The van der Waals surface area contributed by atoms with Crippen LogP contribution in [0.5, 0.6) is 0 Å². The van der Waals surface area contributed by atoms with E-state index < -0.39 is 26.3 Å². The largest absolute Gasteiger partial charge is 0.412 e. The second kappa shape index (κ2) is 8.17. The molecule has 2 radical (unpaired) electrons. The van der Waals surface area contributed by atoms with Crippen LogP contribution in [0, 0.1) is 0 Å². The second-order valence-corrected chi connectivity index (χ2v) is 20.0. The molecule has 1 aromatic carbocycles. The van der Waals surface area contributed by atoms with Gasteiger partial charge in [-0.1, -0.05) is 30.3 Å². The Hall–Kier alpha value is 0.371. The summed E-state index contributed by atoms with van der Waals surface area (Å²) in [5.74, 6) is 0. The van der Waals surface area contributed by atoms with Crippen molar-refractivity contribution in [1.29, 1.82) is 0 Å². The highest BCUT2D eigenvalue weighted by Crippen LogP contribution is 2.36. The van der Waals surface area contributed by atoms with E-state index >= 15 is 0 Å². The summed E-state index contributed by atoms with van der Waals surface area (Å²) in [5, 5.41) is -0.597. The number of halogens is 2. The Morgan fingerprint density at radius 2 is 1.48 bits per heavy atom. The molecule has 0 saturated heterocycles. The van der Waals surface area contributed by atoms with Crippen LogP contribution in [-0.4, -0.2) is 36.7 Å². The zero-order chi connectivity index (χ0) is 17.9. The van der Waals surface area contributed by atoms with E-state index in [-0.39, 0.29) is 15.6 Å². The predicted octanol–water partition coefficient (Wildman–Crippen LogP) is 5.40. The van der Waals surface area contributed by atoms with Crippen molar-refractivity contribution >= 4 is 49.4 Å². The third-order valence-electron chi connectivity index (χ3n) is 3.10. The Morgan fingerprint density at radius 3 is 1.87 bits per heavy atom. The molecule has 1 aromatic rings. The van der Waals surface area contributed by atoms with E-state index in [4.69, 9.17) is 32.1 Å². The molecule has 0 N–H and O–H groups in total. The maximum absolute atomic E-state index is 6.71. The Labute approximate surface area is 155 Å². The van der Waals surface area contributed by atoms with E-state index in [1.165, 1.54) is 0 Å². The molecule has 0 aliphatic heterocycles. The van der Waals surface area contributed by atoms with Crippen molar-refractivity contribution in [1.82, 2.24) is 0 Å².